The average molecular weight is 490 g/mol. The number of halogens is 1. The Morgan fingerprint density at radius 2 is 1.91 bits per heavy atom. The van der Waals surface area contributed by atoms with Gasteiger partial charge >= 0.3 is 0 Å². The van der Waals surface area contributed by atoms with Crippen LogP contribution in [-0.4, -0.2) is 23.4 Å². The first kappa shape index (κ1) is 22.3. The minimum Gasteiger partial charge on any atom is -0.368 e. The number of thiazole rings is 1. The topological polar surface area (TPSA) is 111 Å². The van der Waals surface area contributed by atoms with Gasteiger partial charge in [-0.15, -0.1) is 11.3 Å². The van der Waals surface area contributed by atoms with Crippen LogP contribution in [0.4, 0.5) is 16.0 Å². The van der Waals surface area contributed by atoms with Crippen LogP contribution in [0.2, 0.25) is 0 Å². The molecule has 0 aliphatic rings. The predicted molar refractivity (Wildman–Crippen MR) is 127 cm³/mol. The molecule has 0 aliphatic heterocycles. The van der Waals surface area contributed by atoms with Gasteiger partial charge in [-0.1, -0.05) is 26.8 Å². The number of sulfonamides is 1. The van der Waals surface area contributed by atoms with E-state index in [1.165, 1.54) is 46.4 Å². The van der Waals surface area contributed by atoms with Crippen molar-refractivity contribution in [3.63, 3.8) is 0 Å². The molecule has 11 heteroatoms. The molecular weight excluding hydrogens is 469 g/mol. The molecule has 0 aliphatic carbocycles. The van der Waals surface area contributed by atoms with Crippen molar-refractivity contribution in [3.8, 4) is 21.8 Å². The second kappa shape index (κ2) is 8.23. The van der Waals surface area contributed by atoms with E-state index in [0.29, 0.717) is 16.3 Å². The molecule has 0 atom stereocenters. The number of hydrogen-bond acceptors (Lipinski definition) is 8. The van der Waals surface area contributed by atoms with Crippen molar-refractivity contribution in [2.45, 2.75) is 31.1 Å². The molecule has 7 nitrogen and oxygen atoms in total. The van der Waals surface area contributed by atoms with Gasteiger partial charge in [-0.05, 0) is 29.6 Å². The van der Waals surface area contributed by atoms with E-state index in [-0.39, 0.29) is 27.5 Å². The van der Waals surface area contributed by atoms with Crippen LogP contribution in [-0.2, 0) is 15.4 Å². The monoisotopic (exact) mass is 489 g/mol. The molecule has 3 aromatic heterocycles. The Morgan fingerprint density at radius 3 is 2.56 bits per heavy atom. The number of nitrogens with one attached hydrogen (secondary N) is 1. The predicted octanol–water partition coefficient (Wildman–Crippen LogP) is 5.15. The molecule has 166 valence electrons. The van der Waals surface area contributed by atoms with E-state index in [1.54, 1.807) is 23.6 Å². The van der Waals surface area contributed by atoms with E-state index >= 15 is 4.39 Å². The summed E-state index contributed by atoms with van der Waals surface area (Å²) < 4.78 is 43.1. The maximum atomic E-state index is 15.6. The summed E-state index contributed by atoms with van der Waals surface area (Å²) in [5.41, 5.74) is 6.36. The van der Waals surface area contributed by atoms with Gasteiger partial charge in [-0.25, -0.2) is 27.8 Å². The van der Waals surface area contributed by atoms with Crippen molar-refractivity contribution < 1.29 is 12.8 Å². The normalized spacial score (nSPS) is 12.1. The molecule has 0 fully saturated rings. The van der Waals surface area contributed by atoms with Crippen molar-refractivity contribution in [1.82, 2.24) is 15.0 Å². The van der Waals surface area contributed by atoms with Gasteiger partial charge < -0.3 is 5.73 Å². The zero-order chi connectivity index (χ0) is 23.1. The van der Waals surface area contributed by atoms with Gasteiger partial charge in [-0.2, -0.15) is 11.3 Å². The third kappa shape index (κ3) is 4.36. The Balaban J connectivity index is 1.85. The molecule has 0 radical (unpaired) electrons. The molecule has 0 amide bonds. The molecule has 0 saturated heterocycles. The van der Waals surface area contributed by atoms with Crippen LogP contribution in [0.15, 0.2) is 52.2 Å². The van der Waals surface area contributed by atoms with Crippen LogP contribution >= 0.6 is 22.7 Å². The van der Waals surface area contributed by atoms with Gasteiger partial charge in [0, 0.05) is 22.6 Å². The number of aromatic nitrogens is 3. The Labute approximate surface area is 193 Å². The second-order valence-corrected chi connectivity index (χ2v) is 11.4. The number of benzene rings is 1. The van der Waals surface area contributed by atoms with E-state index in [9.17, 15) is 8.42 Å². The average Bonchev–Trinajstić information content (AvgIpc) is 3.40. The first-order valence-electron chi connectivity index (χ1n) is 9.50. The molecular formula is C21H20FN5O2S3. The van der Waals surface area contributed by atoms with E-state index in [1.807, 2.05) is 20.8 Å². The number of nitrogens with zero attached hydrogens (tertiary/aromatic N) is 3. The SMILES string of the molecule is CC(C)(C)c1nc(-c2cccc(NS(=O)(=O)c3ccsc3)c2F)c(-c2ccnc(N)n2)s1. The number of thiophene rings is 1. The van der Waals surface area contributed by atoms with Gasteiger partial charge in [0.2, 0.25) is 5.95 Å². The number of nitrogens with two attached hydrogens (primary N) is 1. The van der Waals surface area contributed by atoms with E-state index in [4.69, 9.17) is 10.7 Å². The maximum absolute atomic E-state index is 15.6. The maximum Gasteiger partial charge on any atom is 0.262 e. The largest absolute Gasteiger partial charge is 0.368 e. The highest BCUT2D eigenvalue weighted by molar-refractivity contribution is 7.92. The van der Waals surface area contributed by atoms with Crippen LogP contribution < -0.4 is 10.5 Å². The summed E-state index contributed by atoms with van der Waals surface area (Å²) in [5, 5.41) is 3.91. The number of rotatable bonds is 5. The molecule has 3 heterocycles. The van der Waals surface area contributed by atoms with Crippen molar-refractivity contribution in [2.75, 3.05) is 10.5 Å². The fourth-order valence-corrected chi connectivity index (χ4v) is 6.09. The highest BCUT2D eigenvalue weighted by Gasteiger charge is 2.26. The Bertz CT molecular complexity index is 1380. The highest BCUT2D eigenvalue weighted by Crippen LogP contribution is 2.41. The number of anilines is 2. The minimum absolute atomic E-state index is 0.0770. The summed E-state index contributed by atoms with van der Waals surface area (Å²) >= 11 is 2.63. The Hall–Kier alpha value is -2.89. The fourth-order valence-electron chi connectivity index (χ4n) is 2.90. The molecule has 4 aromatic rings. The van der Waals surface area contributed by atoms with Crippen molar-refractivity contribution in [2.24, 2.45) is 0 Å². The first-order valence-corrected chi connectivity index (χ1v) is 12.7. The Kier molecular flexibility index (Phi) is 5.74. The number of nitrogen functional groups attached to an aromatic ring is 1. The third-order valence-corrected chi connectivity index (χ3v) is 8.18. The molecule has 32 heavy (non-hydrogen) atoms. The van der Waals surface area contributed by atoms with Gasteiger partial charge in [0.15, 0.2) is 5.82 Å². The lowest BCUT2D eigenvalue weighted by Gasteiger charge is -2.13. The summed E-state index contributed by atoms with van der Waals surface area (Å²) in [7, 11) is -3.91. The molecule has 0 bridgehead atoms. The lowest BCUT2D eigenvalue weighted by atomic mass is 9.98. The van der Waals surface area contributed by atoms with Crippen LogP contribution in [0.1, 0.15) is 25.8 Å². The van der Waals surface area contributed by atoms with Gasteiger partial charge in [0.05, 0.1) is 31.9 Å². The molecule has 0 spiro atoms. The minimum atomic E-state index is -3.91. The summed E-state index contributed by atoms with van der Waals surface area (Å²) in [6.45, 7) is 6.03. The summed E-state index contributed by atoms with van der Waals surface area (Å²) in [6.07, 6.45) is 1.53. The highest BCUT2D eigenvalue weighted by atomic mass is 32.2. The summed E-state index contributed by atoms with van der Waals surface area (Å²) in [5.74, 6) is -0.628. The van der Waals surface area contributed by atoms with E-state index in [0.717, 1.165) is 5.01 Å². The van der Waals surface area contributed by atoms with Crippen molar-refractivity contribution in [3.05, 3.63) is 58.1 Å². The van der Waals surface area contributed by atoms with E-state index < -0.39 is 15.8 Å². The van der Waals surface area contributed by atoms with Crippen LogP contribution in [0.3, 0.4) is 0 Å². The Morgan fingerprint density at radius 1 is 1.12 bits per heavy atom. The van der Waals surface area contributed by atoms with Gasteiger partial charge in [-0.3, -0.25) is 4.72 Å². The standard InChI is InChI=1S/C21H20FN5O2S3/c1-21(2,3)19-26-17(18(31-19)15-7-9-24-20(23)25-15)13-5-4-6-14(16(13)22)27-32(28,29)12-8-10-30-11-12/h4-11,27H,1-3H3,(H2,23,24,25). The van der Waals surface area contributed by atoms with Gasteiger partial charge in [0.1, 0.15) is 0 Å². The molecule has 4 rings (SSSR count). The summed E-state index contributed by atoms with van der Waals surface area (Å²) in [4.78, 5) is 13.6. The van der Waals surface area contributed by atoms with Crippen LogP contribution in [0, 0.1) is 5.82 Å². The molecule has 3 N–H and O–H groups in total. The van der Waals surface area contributed by atoms with Crippen LogP contribution in [0.25, 0.3) is 21.8 Å². The van der Waals surface area contributed by atoms with E-state index in [2.05, 4.69) is 14.7 Å². The second-order valence-electron chi connectivity index (χ2n) is 7.98. The third-order valence-electron chi connectivity index (χ3n) is 4.48. The quantitative estimate of drug-likeness (QED) is 0.401. The number of hydrogen-bond donors (Lipinski definition) is 2. The lowest BCUT2D eigenvalue weighted by molar-refractivity contribution is 0.585. The summed E-state index contributed by atoms with van der Waals surface area (Å²) in [6, 6.07) is 7.66. The lowest BCUT2D eigenvalue weighted by Crippen LogP contribution is -2.13. The first-order chi connectivity index (χ1) is 15.1. The molecule has 0 unspecified atom stereocenters. The smallest absolute Gasteiger partial charge is 0.262 e. The van der Waals surface area contributed by atoms with Crippen LogP contribution in [0.5, 0.6) is 0 Å². The fraction of sp³-hybridized carbons (Fsp3) is 0.190. The zero-order valence-electron chi connectivity index (χ0n) is 17.5. The van der Waals surface area contributed by atoms with Crippen molar-refractivity contribution >= 4 is 44.3 Å². The molecule has 1 aromatic carbocycles. The van der Waals surface area contributed by atoms with Gasteiger partial charge in [0.25, 0.3) is 10.0 Å². The zero-order valence-corrected chi connectivity index (χ0v) is 19.9. The molecule has 0 saturated carbocycles. The van der Waals surface area contributed by atoms with Crippen molar-refractivity contribution in [1.29, 1.82) is 0 Å².